The molecular formula is C21H21NO3. The molecule has 4 nitrogen and oxygen atoms in total. The molecule has 0 saturated carbocycles. The lowest BCUT2D eigenvalue weighted by Gasteiger charge is -2.20. The van der Waals surface area contributed by atoms with Crippen LogP contribution in [0.1, 0.15) is 42.3 Å². The van der Waals surface area contributed by atoms with Crippen LogP contribution in [-0.4, -0.2) is 11.0 Å². The van der Waals surface area contributed by atoms with Crippen LogP contribution in [0.3, 0.4) is 0 Å². The Labute approximate surface area is 146 Å². The first kappa shape index (κ1) is 17.0. The number of nitrogens with one attached hydrogen (secondary N) is 1. The smallest absolute Gasteiger partial charge is 0.344 e. The van der Waals surface area contributed by atoms with E-state index in [1.54, 1.807) is 12.1 Å². The van der Waals surface area contributed by atoms with Crippen molar-refractivity contribution in [1.82, 2.24) is 4.98 Å². The van der Waals surface area contributed by atoms with Gasteiger partial charge in [0.2, 0.25) is 5.56 Å². The number of H-pyrrole nitrogens is 1. The highest BCUT2D eigenvalue weighted by atomic mass is 16.5. The van der Waals surface area contributed by atoms with E-state index in [9.17, 15) is 9.59 Å². The maximum absolute atomic E-state index is 12.6. The molecule has 1 N–H and O–H groups in total. The number of hydrogen-bond acceptors (Lipinski definition) is 3. The third-order valence-electron chi connectivity index (χ3n) is 4.21. The van der Waals surface area contributed by atoms with Crippen LogP contribution in [0.4, 0.5) is 0 Å². The van der Waals surface area contributed by atoms with Crippen LogP contribution in [0.15, 0.2) is 53.3 Å². The fourth-order valence-electron chi connectivity index (χ4n) is 2.76. The van der Waals surface area contributed by atoms with E-state index in [1.807, 2.05) is 37.3 Å². The molecule has 128 valence electrons. The zero-order valence-corrected chi connectivity index (χ0v) is 14.8. The third-order valence-corrected chi connectivity index (χ3v) is 4.21. The number of aromatic nitrogens is 1. The van der Waals surface area contributed by atoms with Crippen LogP contribution in [-0.2, 0) is 5.41 Å². The number of carbonyl (C=O) groups excluding carboxylic acids is 1. The molecule has 0 spiro atoms. The Morgan fingerprint density at radius 2 is 1.76 bits per heavy atom. The SMILES string of the molecule is Cc1cc(C(C)(C)C)ccc1OC(=O)c1cc(=O)[nH]c2ccccc12. The van der Waals surface area contributed by atoms with E-state index in [-0.39, 0.29) is 16.5 Å². The molecule has 0 bridgehead atoms. The number of esters is 1. The van der Waals surface area contributed by atoms with Crippen molar-refractivity contribution in [3.8, 4) is 5.75 Å². The highest BCUT2D eigenvalue weighted by Crippen LogP contribution is 2.28. The number of ether oxygens (including phenoxy) is 1. The number of rotatable bonds is 2. The highest BCUT2D eigenvalue weighted by molar-refractivity contribution is 6.04. The van der Waals surface area contributed by atoms with Crippen LogP contribution >= 0.6 is 0 Å². The number of benzene rings is 2. The van der Waals surface area contributed by atoms with E-state index in [2.05, 4.69) is 25.8 Å². The molecule has 2 aromatic carbocycles. The quantitative estimate of drug-likeness (QED) is 0.559. The fraction of sp³-hybridized carbons (Fsp3) is 0.238. The lowest BCUT2D eigenvalue weighted by Crippen LogP contribution is -2.16. The molecule has 1 heterocycles. The minimum absolute atomic E-state index is 0.0240. The van der Waals surface area contributed by atoms with Crippen molar-refractivity contribution in [2.24, 2.45) is 0 Å². The molecule has 0 fully saturated rings. The van der Waals surface area contributed by atoms with E-state index >= 15 is 0 Å². The minimum Gasteiger partial charge on any atom is -0.423 e. The molecule has 0 radical (unpaired) electrons. The van der Waals surface area contributed by atoms with Gasteiger partial charge in [0, 0.05) is 17.0 Å². The van der Waals surface area contributed by atoms with Crippen LogP contribution in [0.5, 0.6) is 5.75 Å². The van der Waals surface area contributed by atoms with E-state index in [0.29, 0.717) is 16.7 Å². The van der Waals surface area contributed by atoms with Crippen molar-refractivity contribution in [2.75, 3.05) is 0 Å². The molecule has 1 aromatic heterocycles. The second-order valence-electron chi connectivity index (χ2n) is 7.21. The molecule has 3 aromatic rings. The Hall–Kier alpha value is -2.88. The number of hydrogen-bond donors (Lipinski definition) is 1. The van der Waals surface area contributed by atoms with Gasteiger partial charge in [-0.05, 0) is 35.6 Å². The molecular weight excluding hydrogens is 314 g/mol. The fourth-order valence-corrected chi connectivity index (χ4v) is 2.76. The van der Waals surface area contributed by atoms with Crippen molar-refractivity contribution in [2.45, 2.75) is 33.1 Å². The second kappa shape index (κ2) is 6.20. The van der Waals surface area contributed by atoms with E-state index in [1.165, 1.54) is 11.6 Å². The van der Waals surface area contributed by atoms with Gasteiger partial charge in [-0.2, -0.15) is 0 Å². The lowest BCUT2D eigenvalue weighted by molar-refractivity contribution is 0.0735. The highest BCUT2D eigenvalue weighted by Gasteiger charge is 2.18. The van der Waals surface area contributed by atoms with Gasteiger partial charge in [0.1, 0.15) is 5.75 Å². The van der Waals surface area contributed by atoms with Crippen molar-refractivity contribution in [1.29, 1.82) is 0 Å². The Bertz CT molecular complexity index is 1010. The summed E-state index contributed by atoms with van der Waals surface area (Å²) < 4.78 is 5.57. The molecule has 0 unspecified atom stereocenters. The standard InChI is InChI=1S/C21H21NO3/c1-13-11-14(21(2,3)4)9-10-18(13)25-20(24)16-12-19(23)22-17-8-6-5-7-15(16)17/h5-12H,1-4H3,(H,22,23). The molecule has 3 rings (SSSR count). The van der Waals surface area contributed by atoms with Gasteiger partial charge in [0.05, 0.1) is 5.56 Å². The zero-order valence-electron chi connectivity index (χ0n) is 14.8. The first-order valence-electron chi connectivity index (χ1n) is 8.21. The van der Waals surface area contributed by atoms with Gasteiger partial charge in [-0.15, -0.1) is 0 Å². The number of aryl methyl sites for hydroxylation is 1. The lowest BCUT2D eigenvalue weighted by atomic mass is 9.86. The number of aromatic amines is 1. The van der Waals surface area contributed by atoms with E-state index in [0.717, 1.165) is 5.56 Å². The zero-order chi connectivity index (χ0) is 18.2. The van der Waals surface area contributed by atoms with Crippen molar-refractivity contribution in [3.05, 3.63) is 75.6 Å². The molecule has 0 saturated heterocycles. The van der Waals surface area contributed by atoms with Gasteiger partial charge in [-0.25, -0.2) is 4.79 Å². The monoisotopic (exact) mass is 335 g/mol. The average molecular weight is 335 g/mol. The molecule has 0 amide bonds. The van der Waals surface area contributed by atoms with Crippen molar-refractivity contribution in [3.63, 3.8) is 0 Å². The topological polar surface area (TPSA) is 59.2 Å². The van der Waals surface area contributed by atoms with Gasteiger partial charge in [-0.3, -0.25) is 4.79 Å². The molecule has 0 aliphatic carbocycles. The second-order valence-corrected chi connectivity index (χ2v) is 7.21. The number of para-hydroxylation sites is 1. The summed E-state index contributed by atoms with van der Waals surface area (Å²) in [5.74, 6) is -0.0312. The van der Waals surface area contributed by atoms with Crippen molar-refractivity contribution >= 4 is 16.9 Å². The summed E-state index contributed by atoms with van der Waals surface area (Å²) >= 11 is 0. The third kappa shape index (κ3) is 3.48. The maximum atomic E-state index is 12.6. The Kier molecular flexibility index (Phi) is 4.21. The molecule has 0 aliphatic rings. The first-order chi connectivity index (χ1) is 11.8. The largest absolute Gasteiger partial charge is 0.423 e. The van der Waals surface area contributed by atoms with Crippen LogP contribution in [0.25, 0.3) is 10.9 Å². The molecule has 0 atom stereocenters. The van der Waals surface area contributed by atoms with Gasteiger partial charge in [0.25, 0.3) is 0 Å². The average Bonchev–Trinajstić information content (AvgIpc) is 2.54. The predicted octanol–water partition coefficient (Wildman–Crippen LogP) is 4.35. The maximum Gasteiger partial charge on any atom is 0.344 e. The van der Waals surface area contributed by atoms with Crippen LogP contribution < -0.4 is 10.3 Å². The summed E-state index contributed by atoms with van der Waals surface area (Å²) in [5.41, 5.74) is 2.63. The Morgan fingerprint density at radius 3 is 2.44 bits per heavy atom. The van der Waals surface area contributed by atoms with E-state index in [4.69, 9.17) is 4.74 Å². The van der Waals surface area contributed by atoms with Gasteiger partial charge in [-0.1, -0.05) is 51.1 Å². The molecule has 4 heteroatoms. The summed E-state index contributed by atoms with van der Waals surface area (Å²) in [4.78, 5) is 27.2. The minimum atomic E-state index is -0.533. The number of fused-ring (bicyclic) bond motifs is 1. The number of pyridine rings is 1. The number of carbonyl (C=O) groups is 1. The normalized spacial score (nSPS) is 11.5. The summed E-state index contributed by atoms with van der Waals surface area (Å²) in [5, 5.41) is 0.663. The van der Waals surface area contributed by atoms with Crippen LogP contribution in [0.2, 0.25) is 0 Å². The Balaban J connectivity index is 1.97. The van der Waals surface area contributed by atoms with Crippen LogP contribution in [0, 0.1) is 6.92 Å². The molecule has 0 aliphatic heterocycles. The summed E-state index contributed by atoms with van der Waals surface area (Å²) in [7, 11) is 0. The van der Waals surface area contributed by atoms with Crippen molar-refractivity contribution < 1.29 is 9.53 Å². The van der Waals surface area contributed by atoms with Gasteiger partial charge in [0.15, 0.2) is 0 Å². The first-order valence-corrected chi connectivity index (χ1v) is 8.21. The van der Waals surface area contributed by atoms with Gasteiger partial charge >= 0.3 is 5.97 Å². The Morgan fingerprint density at radius 1 is 1.04 bits per heavy atom. The summed E-state index contributed by atoms with van der Waals surface area (Å²) in [6, 6.07) is 14.3. The predicted molar refractivity (Wildman–Crippen MR) is 99.4 cm³/mol. The summed E-state index contributed by atoms with van der Waals surface area (Å²) in [6.45, 7) is 8.31. The van der Waals surface area contributed by atoms with E-state index < -0.39 is 5.97 Å². The molecule has 25 heavy (non-hydrogen) atoms. The van der Waals surface area contributed by atoms with Gasteiger partial charge < -0.3 is 9.72 Å². The summed E-state index contributed by atoms with van der Waals surface area (Å²) in [6.07, 6.45) is 0.